The molecule has 2 nitrogen and oxygen atoms in total. The lowest BCUT2D eigenvalue weighted by Crippen LogP contribution is -2.25. The van der Waals surface area contributed by atoms with Gasteiger partial charge in [-0.2, -0.15) is 0 Å². The van der Waals surface area contributed by atoms with Crippen molar-refractivity contribution in [3.05, 3.63) is 29.1 Å². The van der Waals surface area contributed by atoms with E-state index in [4.69, 9.17) is 5.73 Å². The molecule has 0 saturated heterocycles. The zero-order chi connectivity index (χ0) is 10.8. The Morgan fingerprint density at radius 3 is 2.13 bits per heavy atom. The standard InChI is InChI=1S/C13H20N2/c1-9-7-12(8-10(2)15-9)11-3-5-13(14)6-4-11/h7-8,11,13H,3-6,14H2,1-2H3. The van der Waals surface area contributed by atoms with Crippen molar-refractivity contribution in [2.24, 2.45) is 5.73 Å². The minimum atomic E-state index is 0.435. The lowest BCUT2D eigenvalue weighted by molar-refractivity contribution is 0.395. The van der Waals surface area contributed by atoms with E-state index in [-0.39, 0.29) is 0 Å². The Labute approximate surface area is 91.9 Å². The second kappa shape index (κ2) is 4.31. The van der Waals surface area contributed by atoms with Gasteiger partial charge in [0.05, 0.1) is 0 Å². The lowest BCUT2D eigenvalue weighted by atomic mass is 9.82. The first-order valence-corrected chi connectivity index (χ1v) is 5.86. The maximum Gasteiger partial charge on any atom is 0.0378 e. The minimum absolute atomic E-state index is 0.435. The van der Waals surface area contributed by atoms with Gasteiger partial charge in [0.2, 0.25) is 0 Å². The van der Waals surface area contributed by atoms with Crippen molar-refractivity contribution < 1.29 is 0 Å². The van der Waals surface area contributed by atoms with E-state index in [1.165, 1.54) is 31.2 Å². The van der Waals surface area contributed by atoms with Gasteiger partial charge in [-0.25, -0.2) is 0 Å². The molecule has 0 amide bonds. The molecule has 0 unspecified atom stereocenters. The molecular formula is C13H20N2. The lowest BCUT2D eigenvalue weighted by Gasteiger charge is -2.26. The molecule has 0 bridgehead atoms. The molecule has 2 rings (SSSR count). The van der Waals surface area contributed by atoms with Crippen LogP contribution < -0.4 is 5.73 Å². The van der Waals surface area contributed by atoms with E-state index in [1.54, 1.807) is 0 Å². The van der Waals surface area contributed by atoms with Crippen molar-refractivity contribution in [1.82, 2.24) is 4.98 Å². The highest BCUT2D eigenvalue weighted by Gasteiger charge is 2.20. The van der Waals surface area contributed by atoms with Crippen LogP contribution in [0, 0.1) is 13.8 Å². The van der Waals surface area contributed by atoms with Gasteiger partial charge in [-0.05, 0) is 63.1 Å². The first-order valence-electron chi connectivity index (χ1n) is 5.86. The number of nitrogens with zero attached hydrogens (tertiary/aromatic N) is 1. The topological polar surface area (TPSA) is 38.9 Å². The van der Waals surface area contributed by atoms with Crippen molar-refractivity contribution in [3.63, 3.8) is 0 Å². The van der Waals surface area contributed by atoms with E-state index in [9.17, 15) is 0 Å². The van der Waals surface area contributed by atoms with Crippen LogP contribution in [0.1, 0.15) is 48.6 Å². The Morgan fingerprint density at radius 1 is 1.07 bits per heavy atom. The van der Waals surface area contributed by atoms with E-state index in [2.05, 4.69) is 31.0 Å². The highest BCUT2D eigenvalue weighted by Crippen LogP contribution is 2.32. The van der Waals surface area contributed by atoms with Crippen LogP contribution in [0.4, 0.5) is 0 Å². The fraction of sp³-hybridized carbons (Fsp3) is 0.615. The van der Waals surface area contributed by atoms with Crippen LogP contribution >= 0.6 is 0 Å². The van der Waals surface area contributed by atoms with Crippen LogP contribution in [-0.4, -0.2) is 11.0 Å². The summed E-state index contributed by atoms with van der Waals surface area (Å²) in [5.41, 5.74) is 9.66. The molecule has 0 radical (unpaired) electrons. The monoisotopic (exact) mass is 204 g/mol. The van der Waals surface area contributed by atoms with Gasteiger partial charge in [-0.1, -0.05) is 0 Å². The number of pyridine rings is 1. The van der Waals surface area contributed by atoms with Gasteiger partial charge in [0.25, 0.3) is 0 Å². The third kappa shape index (κ3) is 2.57. The molecular weight excluding hydrogens is 184 g/mol. The Morgan fingerprint density at radius 2 is 1.60 bits per heavy atom. The largest absolute Gasteiger partial charge is 0.328 e. The summed E-state index contributed by atoms with van der Waals surface area (Å²) in [6.07, 6.45) is 4.82. The van der Waals surface area contributed by atoms with Crippen molar-refractivity contribution in [2.45, 2.75) is 51.5 Å². The van der Waals surface area contributed by atoms with Crippen molar-refractivity contribution in [3.8, 4) is 0 Å². The highest BCUT2D eigenvalue weighted by atomic mass is 14.7. The van der Waals surface area contributed by atoms with E-state index in [0.717, 1.165) is 11.4 Å². The molecule has 82 valence electrons. The molecule has 1 fully saturated rings. The summed E-state index contributed by atoms with van der Waals surface area (Å²) in [4.78, 5) is 4.42. The summed E-state index contributed by atoms with van der Waals surface area (Å²) in [5, 5.41) is 0. The maximum atomic E-state index is 5.92. The van der Waals surface area contributed by atoms with E-state index < -0.39 is 0 Å². The molecule has 1 aromatic heterocycles. The average molecular weight is 204 g/mol. The summed E-state index contributed by atoms with van der Waals surface area (Å²) < 4.78 is 0. The molecule has 1 aliphatic rings. The van der Waals surface area contributed by atoms with Crippen LogP contribution in [-0.2, 0) is 0 Å². The van der Waals surface area contributed by atoms with Gasteiger partial charge in [0.1, 0.15) is 0 Å². The summed E-state index contributed by atoms with van der Waals surface area (Å²) >= 11 is 0. The molecule has 15 heavy (non-hydrogen) atoms. The number of hydrogen-bond donors (Lipinski definition) is 1. The quantitative estimate of drug-likeness (QED) is 0.764. The van der Waals surface area contributed by atoms with Crippen molar-refractivity contribution >= 4 is 0 Å². The molecule has 0 spiro atoms. The third-order valence-corrected chi connectivity index (χ3v) is 3.35. The Bertz CT molecular complexity index is 318. The second-order valence-electron chi connectivity index (χ2n) is 4.79. The number of nitrogens with two attached hydrogens (primary N) is 1. The van der Waals surface area contributed by atoms with Gasteiger partial charge in [0.15, 0.2) is 0 Å². The zero-order valence-electron chi connectivity index (χ0n) is 9.66. The summed E-state index contributed by atoms with van der Waals surface area (Å²) in [6.45, 7) is 4.15. The smallest absolute Gasteiger partial charge is 0.0378 e. The molecule has 0 aromatic carbocycles. The van der Waals surface area contributed by atoms with Gasteiger partial charge >= 0.3 is 0 Å². The normalized spacial score (nSPS) is 26.6. The van der Waals surface area contributed by atoms with Crippen LogP contribution in [0.25, 0.3) is 0 Å². The highest BCUT2D eigenvalue weighted by molar-refractivity contribution is 5.24. The van der Waals surface area contributed by atoms with Crippen molar-refractivity contribution in [1.29, 1.82) is 0 Å². The first-order chi connectivity index (χ1) is 7.15. The van der Waals surface area contributed by atoms with Crippen LogP contribution in [0.15, 0.2) is 12.1 Å². The van der Waals surface area contributed by atoms with E-state index in [0.29, 0.717) is 12.0 Å². The SMILES string of the molecule is Cc1cc(C2CCC(N)CC2)cc(C)n1. The van der Waals surface area contributed by atoms with Crippen LogP contribution in [0.3, 0.4) is 0 Å². The Kier molecular flexibility index (Phi) is 3.06. The maximum absolute atomic E-state index is 5.92. The number of aryl methyl sites for hydroxylation is 2. The molecule has 0 aliphatic heterocycles. The molecule has 1 aliphatic carbocycles. The fourth-order valence-corrected chi connectivity index (χ4v) is 2.56. The summed E-state index contributed by atoms with van der Waals surface area (Å²) in [5.74, 6) is 0.713. The molecule has 2 N–H and O–H groups in total. The van der Waals surface area contributed by atoms with E-state index >= 15 is 0 Å². The fourth-order valence-electron chi connectivity index (χ4n) is 2.56. The third-order valence-electron chi connectivity index (χ3n) is 3.35. The Hall–Kier alpha value is -0.890. The molecule has 1 heterocycles. The first kappa shape index (κ1) is 10.6. The number of aromatic nitrogens is 1. The van der Waals surface area contributed by atoms with E-state index in [1.807, 2.05) is 0 Å². The van der Waals surface area contributed by atoms with Crippen molar-refractivity contribution in [2.75, 3.05) is 0 Å². The predicted octanol–water partition coefficient (Wildman–Crippen LogP) is 2.68. The average Bonchev–Trinajstić information content (AvgIpc) is 2.17. The van der Waals surface area contributed by atoms with Gasteiger partial charge in [-0.15, -0.1) is 0 Å². The van der Waals surface area contributed by atoms with Crippen LogP contribution in [0.2, 0.25) is 0 Å². The number of rotatable bonds is 1. The molecule has 1 aromatic rings. The van der Waals surface area contributed by atoms with Gasteiger partial charge < -0.3 is 5.73 Å². The van der Waals surface area contributed by atoms with Crippen LogP contribution in [0.5, 0.6) is 0 Å². The molecule has 2 heteroatoms. The molecule has 0 atom stereocenters. The predicted molar refractivity (Wildman–Crippen MR) is 62.9 cm³/mol. The zero-order valence-corrected chi connectivity index (χ0v) is 9.66. The van der Waals surface area contributed by atoms with Gasteiger partial charge in [-0.3, -0.25) is 4.98 Å². The number of hydrogen-bond acceptors (Lipinski definition) is 2. The summed E-state index contributed by atoms with van der Waals surface area (Å²) in [6, 6.07) is 4.90. The minimum Gasteiger partial charge on any atom is -0.328 e. The second-order valence-corrected chi connectivity index (χ2v) is 4.79. The molecule has 1 saturated carbocycles. The Balaban J connectivity index is 2.15. The summed E-state index contributed by atoms with van der Waals surface area (Å²) in [7, 11) is 0. The van der Waals surface area contributed by atoms with Gasteiger partial charge in [0, 0.05) is 17.4 Å².